The van der Waals surface area contributed by atoms with Crippen LogP contribution < -0.4 is 9.47 Å². The molecule has 0 bridgehead atoms. The predicted octanol–water partition coefficient (Wildman–Crippen LogP) is 5.05. The highest BCUT2D eigenvalue weighted by Gasteiger charge is 2.06. The van der Waals surface area contributed by atoms with Crippen LogP contribution in [0.3, 0.4) is 0 Å². The van der Waals surface area contributed by atoms with E-state index in [1.807, 2.05) is 31.2 Å². The molecule has 0 N–H and O–H groups in total. The van der Waals surface area contributed by atoms with Crippen LogP contribution in [0.5, 0.6) is 11.5 Å². The van der Waals surface area contributed by atoms with Crippen LogP contribution in [-0.4, -0.2) is 19.8 Å². The lowest BCUT2D eigenvalue weighted by molar-refractivity contribution is 0.262. The molecule has 21 heavy (non-hydrogen) atoms. The summed E-state index contributed by atoms with van der Waals surface area (Å²) >= 11 is 0. The van der Waals surface area contributed by atoms with Crippen molar-refractivity contribution in [3.05, 3.63) is 30.0 Å². The molecule has 0 aliphatic rings. The second kappa shape index (κ2) is 11.1. The Labute approximate surface area is 128 Å². The van der Waals surface area contributed by atoms with Gasteiger partial charge in [0.25, 0.3) is 0 Å². The van der Waals surface area contributed by atoms with Crippen molar-refractivity contribution in [2.24, 2.45) is 0 Å². The van der Waals surface area contributed by atoms with Gasteiger partial charge in [0, 0.05) is 0 Å². The second-order valence-electron chi connectivity index (χ2n) is 4.87. The van der Waals surface area contributed by atoms with Gasteiger partial charge in [-0.05, 0) is 43.5 Å². The largest absolute Gasteiger partial charge is 0.501 e. The van der Waals surface area contributed by atoms with E-state index in [4.69, 9.17) is 14.2 Å². The maximum absolute atomic E-state index is 5.86. The molecule has 3 nitrogen and oxygen atoms in total. The number of unbranched alkanes of at least 4 members (excludes halogenated alkanes) is 2. The highest BCUT2D eigenvalue weighted by molar-refractivity contribution is 5.55. The summed E-state index contributed by atoms with van der Waals surface area (Å²) in [6.45, 7) is 8.41. The monoisotopic (exact) mass is 292 g/mol. The molecule has 0 atom stereocenters. The molecule has 0 saturated carbocycles. The van der Waals surface area contributed by atoms with E-state index in [0.717, 1.165) is 56.0 Å². The Balaban J connectivity index is 2.74. The SMILES string of the molecule is CCCCOc1ccc(C=COCC)cc1OCCCC. The lowest BCUT2D eigenvalue weighted by Gasteiger charge is -2.13. The van der Waals surface area contributed by atoms with Gasteiger partial charge in [0.15, 0.2) is 11.5 Å². The lowest BCUT2D eigenvalue weighted by atomic mass is 10.2. The second-order valence-corrected chi connectivity index (χ2v) is 4.87. The molecule has 1 aromatic carbocycles. The van der Waals surface area contributed by atoms with Crippen molar-refractivity contribution in [2.75, 3.05) is 19.8 Å². The van der Waals surface area contributed by atoms with E-state index >= 15 is 0 Å². The van der Waals surface area contributed by atoms with Crippen molar-refractivity contribution in [3.8, 4) is 11.5 Å². The quantitative estimate of drug-likeness (QED) is 0.422. The Morgan fingerprint density at radius 2 is 1.57 bits per heavy atom. The molecule has 1 aromatic rings. The molecule has 0 aliphatic carbocycles. The van der Waals surface area contributed by atoms with Gasteiger partial charge in [-0.15, -0.1) is 0 Å². The average molecular weight is 292 g/mol. The number of hydrogen-bond donors (Lipinski definition) is 0. The van der Waals surface area contributed by atoms with Gasteiger partial charge in [-0.1, -0.05) is 32.8 Å². The van der Waals surface area contributed by atoms with Crippen LogP contribution in [0.2, 0.25) is 0 Å². The number of hydrogen-bond acceptors (Lipinski definition) is 3. The fourth-order valence-electron chi connectivity index (χ4n) is 1.74. The summed E-state index contributed by atoms with van der Waals surface area (Å²) in [6.07, 6.45) is 8.00. The van der Waals surface area contributed by atoms with Gasteiger partial charge in [-0.2, -0.15) is 0 Å². The first-order chi connectivity index (χ1) is 10.3. The van der Waals surface area contributed by atoms with Crippen LogP contribution in [0, 0.1) is 0 Å². The summed E-state index contributed by atoms with van der Waals surface area (Å²) in [5.74, 6) is 1.64. The van der Waals surface area contributed by atoms with Gasteiger partial charge < -0.3 is 14.2 Å². The third-order valence-corrected chi connectivity index (χ3v) is 3.00. The first-order valence-electron chi connectivity index (χ1n) is 7.99. The molecule has 0 radical (unpaired) electrons. The molecule has 0 fully saturated rings. The van der Waals surface area contributed by atoms with Crippen LogP contribution in [0.1, 0.15) is 52.0 Å². The number of rotatable bonds is 11. The molecule has 0 heterocycles. The van der Waals surface area contributed by atoms with Crippen LogP contribution in [0.25, 0.3) is 6.08 Å². The minimum absolute atomic E-state index is 0.675. The van der Waals surface area contributed by atoms with E-state index in [0.29, 0.717) is 6.61 Å². The Morgan fingerprint density at radius 3 is 2.19 bits per heavy atom. The summed E-state index contributed by atoms with van der Waals surface area (Å²) < 4.78 is 16.9. The molecular weight excluding hydrogens is 264 g/mol. The normalized spacial score (nSPS) is 10.8. The van der Waals surface area contributed by atoms with Crippen molar-refractivity contribution < 1.29 is 14.2 Å². The first kappa shape index (κ1) is 17.4. The van der Waals surface area contributed by atoms with Crippen molar-refractivity contribution >= 4 is 6.08 Å². The molecule has 0 aliphatic heterocycles. The van der Waals surface area contributed by atoms with Crippen LogP contribution in [0.15, 0.2) is 24.5 Å². The van der Waals surface area contributed by atoms with Gasteiger partial charge in [-0.25, -0.2) is 0 Å². The summed E-state index contributed by atoms with van der Waals surface area (Å²) in [6, 6.07) is 6.00. The fourth-order valence-corrected chi connectivity index (χ4v) is 1.74. The average Bonchev–Trinajstić information content (AvgIpc) is 2.50. The zero-order valence-electron chi connectivity index (χ0n) is 13.6. The van der Waals surface area contributed by atoms with Crippen molar-refractivity contribution in [1.82, 2.24) is 0 Å². The van der Waals surface area contributed by atoms with E-state index in [-0.39, 0.29) is 0 Å². The van der Waals surface area contributed by atoms with E-state index in [9.17, 15) is 0 Å². The molecule has 118 valence electrons. The predicted molar refractivity (Wildman–Crippen MR) is 87.9 cm³/mol. The summed E-state index contributed by atoms with van der Waals surface area (Å²) in [7, 11) is 0. The van der Waals surface area contributed by atoms with Crippen molar-refractivity contribution in [2.45, 2.75) is 46.5 Å². The zero-order chi connectivity index (χ0) is 15.3. The zero-order valence-corrected chi connectivity index (χ0v) is 13.6. The molecule has 1 rings (SSSR count). The molecule has 0 amide bonds. The number of benzene rings is 1. The Morgan fingerprint density at radius 1 is 0.905 bits per heavy atom. The third kappa shape index (κ3) is 7.07. The van der Waals surface area contributed by atoms with Crippen LogP contribution in [0.4, 0.5) is 0 Å². The Hall–Kier alpha value is -1.64. The smallest absolute Gasteiger partial charge is 0.161 e. The molecular formula is C18H28O3. The number of ether oxygens (including phenoxy) is 3. The topological polar surface area (TPSA) is 27.7 Å². The Kier molecular flexibility index (Phi) is 9.18. The molecule has 0 aromatic heterocycles. The van der Waals surface area contributed by atoms with E-state index in [2.05, 4.69) is 13.8 Å². The molecule has 3 heteroatoms. The third-order valence-electron chi connectivity index (χ3n) is 3.00. The summed E-state index contributed by atoms with van der Waals surface area (Å²) in [5, 5.41) is 0. The lowest BCUT2D eigenvalue weighted by Crippen LogP contribution is -2.02. The van der Waals surface area contributed by atoms with Gasteiger partial charge in [0.05, 0.1) is 26.1 Å². The Bertz CT molecular complexity index is 413. The first-order valence-corrected chi connectivity index (χ1v) is 7.99. The standard InChI is InChI=1S/C18H28O3/c1-4-7-12-20-17-10-9-16(11-14-19-6-3)15-18(17)21-13-8-5-2/h9-11,14-15H,4-8,12-13H2,1-3H3. The summed E-state index contributed by atoms with van der Waals surface area (Å²) in [4.78, 5) is 0. The van der Waals surface area contributed by atoms with E-state index < -0.39 is 0 Å². The highest BCUT2D eigenvalue weighted by Crippen LogP contribution is 2.29. The van der Waals surface area contributed by atoms with Gasteiger partial charge in [-0.3, -0.25) is 0 Å². The highest BCUT2D eigenvalue weighted by atomic mass is 16.5. The van der Waals surface area contributed by atoms with Crippen LogP contribution >= 0.6 is 0 Å². The van der Waals surface area contributed by atoms with E-state index in [1.54, 1.807) is 6.26 Å². The van der Waals surface area contributed by atoms with Crippen molar-refractivity contribution in [3.63, 3.8) is 0 Å². The minimum atomic E-state index is 0.675. The van der Waals surface area contributed by atoms with Gasteiger partial charge in [0.1, 0.15) is 0 Å². The maximum atomic E-state index is 5.86. The minimum Gasteiger partial charge on any atom is -0.501 e. The van der Waals surface area contributed by atoms with Gasteiger partial charge >= 0.3 is 0 Å². The summed E-state index contributed by atoms with van der Waals surface area (Å²) in [5.41, 5.74) is 1.05. The van der Waals surface area contributed by atoms with Crippen LogP contribution in [-0.2, 0) is 4.74 Å². The fraction of sp³-hybridized carbons (Fsp3) is 0.556. The molecule has 0 unspecified atom stereocenters. The maximum Gasteiger partial charge on any atom is 0.161 e. The van der Waals surface area contributed by atoms with Crippen molar-refractivity contribution in [1.29, 1.82) is 0 Å². The van der Waals surface area contributed by atoms with E-state index in [1.165, 1.54) is 0 Å². The molecule has 0 saturated heterocycles. The molecule has 0 spiro atoms. The van der Waals surface area contributed by atoms with Gasteiger partial charge in [0.2, 0.25) is 0 Å².